The first-order chi connectivity index (χ1) is 12.0. The molecule has 0 radical (unpaired) electrons. The van der Waals surface area contributed by atoms with Crippen molar-refractivity contribution in [3.8, 4) is 17.2 Å². The van der Waals surface area contributed by atoms with E-state index in [1.165, 1.54) is 21.3 Å². The van der Waals surface area contributed by atoms with Gasteiger partial charge in [-0.3, -0.25) is 9.48 Å². The Bertz CT molecular complexity index is 726. The van der Waals surface area contributed by atoms with Crippen LogP contribution in [0.5, 0.6) is 17.2 Å². The number of aryl methyl sites for hydroxylation is 2. The SMILES string of the molecule is COc1ccc(C(=O)NCCCn2cc(Cl)c(C)n2)c(OC)c1OC. The Hall–Kier alpha value is -2.41. The lowest BCUT2D eigenvalue weighted by atomic mass is 10.1. The highest BCUT2D eigenvalue weighted by Crippen LogP contribution is 2.39. The molecule has 1 heterocycles. The smallest absolute Gasteiger partial charge is 0.255 e. The fourth-order valence-electron chi connectivity index (χ4n) is 2.43. The first-order valence-corrected chi connectivity index (χ1v) is 8.16. The summed E-state index contributed by atoms with van der Waals surface area (Å²) in [4.78, 5) is 12.4. The number of rotatable bonds is 8. The molecule has 0 aliphatic heterocycles. The van der Waals surface area contributed by atoms with Crippen molar-refractivity contribution >= 4 is 17.5 Å². The van der Waals surface area contributed by atoms with E-state index in [2.05, 4.69) is 10.4 Å². The fraction of sp³-hybridized carbons (Fsp3) is 0.412. The Morgan fingerprint density at radius 3 is 2.48 bits per heavy atom. The molecule has 0 unspecified atom stereocenters. The van der Waals surface area contributed by atoms with E-state index in [1.54, 1.807) is 23.0 Å². The van der Waals surface area contributed by atoms with Gasteiger partial charge in [-0.15, -0.1) is 0 Å². The van der Waals surface area contributed by atoms with E-state index in [1.807, 2.05) is 6.92 Å². The average Bonchev–Trinajstić information content (AvgIpc) is 2.94. The topological polar surface area (TPSA) is 74.6 Å². The highest BCUT2D eigenvalue weighted by Gasteiger charge is 2.20. The zero-order chi connectivity index (χ0) is 18.4. The maximum absolute atomic E-state index is 12.4. The Balaban J connectivity index is 1.98. The summed E-state index contributed by atoms with van der Waals surface area (Å²) >= 11 is 5.97. The van der Waals surface area contributed by atoms with Gasteiger partial charge >= 0.3 is 0 Å². The van der Waals surface area contributed by atoms with Crippen LogP contribution in [0.4, 0.5) is 0 Å². The third kappa shape index (κ3) is 4.36. The number of ether oxygens (including phenoxy) is 3. The minimum atomic E-state index is -0.243. The number of nitrogens with zero attached hydrogens (tertiary/aromatic N) is 2. The summed E-state index contributed by atoms with van der Waals surface area (Å²) in [5.74, 6) is 0.988. The van der Waals surface area contributed by atoms with Crippen LogP contribution in [0, 0.1) is 6.92 Å². The van der Waals surface area contributed by atoms with Crippen molar-refractivity contribution in [3.63, 3.8) is 0 Å². The van der Waals surface area contributed by atoms with Crippen LogP contribution >= 0.6 is 11.6 Å². The standard InChI is InChI=1S/C17H22ClN3O4/c1-11-13(18)10-21(20-11)9-5-8-19-17(22)12-6-7-14(23-2)16(25-4)15(12)24-3/h6-7,10H,5,8-9H2,1-4H3,(H,19,22). The zero-order valence-electron chi connectivity index (χ0n) is 14.8. The maximum atomic E-state index is 12.4. The summed E-state index contributed by atoms with van der Waals surface area (Å²) in [5.41, 5.74) is 1.18. The van der Waals surface area contributed by atoms with Crippen molar-refractivity contribution in [1.29, 1.82) is 0 Å². The van der Waals surface area contributed by atoms with E-state index in [0.29, 0.717) is 40.9 Å². The van der Waals surface area contributed by atoms with Gasteiger partial charge in [-0.25, -0.2) is 0 Å². The van der Waals surface area contributed by atoms with Gasteiger partial charge in [0.05, 0.1) is 37.6 Å². The van der Waals surface area contributed by atoms with Gasteiger partial charge in [-0.05, 0) is 25.5 Å². The molecule has 0 aliphatic carbocycles. The van der Waals surface area contributed by atoms with Gasteiger partial charge in [-0.2, -0.15) is 5.10 Å². The molecule has 8 heteroatoms. The van der Waals surface area contributed by atoms with Crippen molar-refractivity contribution in [1.82, 2.24) is 15.1 Å². The number of hydrogen-bond donors (Lipinski definition) is 1. The molecular weight excluding hydrogens is 346 g/mol. The second kappa shape index (κ2) is 8.62. The van der Waals surface area contributed by atoms with Crippen LogP contribution in [0.25, 0.3) is 0 Å². The number of carbonyl (C=O) groups excluding carboxylic acids is 1. The molecule has 1 aromatic carbocycles. The first kappa shape index (κ1) is 18.9. The largest absolute Gasteiger partial charge is 0.493 e. The number of benzene rings is 1. The number of halogens is 1. The van der Waals surface area contributed by atoms with Gasteiger partial charge in [0.2, 0.25) is 5.75 Å². The third-order valence-electron chi connectivity index (χ3n) is 3.68. The molecule has 0 saturated carbocycles. The van der Waals surface area contributed by atoms with Crippen molar-refractivity contribution in [2.24, 2.45) is 0 Å². The van der Waals surface area contributed by atoms with Gasteiger partial charge in [-0.1, -0.05) is 11.6 Å². The van der Waals surface area contributed by atoms with E-state index in [-0.39, 0.29) is 5.91 Å². The summed E-state index contributed by atoms with van der Waals surface area (Å²) in [6, 6.07) is 3.32. The predicted octanol–water partition coefficient (Wildman–Crippen LogP) is 2.69. The number of carbonyl (C=O) groups is 1. The van der Waals surface area contributed by atoms with Crippen LogP contribution in [-0.4, -0.2) is 43.6 Å². The summed E-state index contributed by atoms with van der Waals surface area (Å²) < 4.78 is 17.6. The highest BCUT2D eigenvalue weighted by molar-refractivity contribution is 6.31. The predicted molar refractivity (Wildman–Crippen MR) is 95.0 cm³/mol. The number of hydrogen-bond acceptors (Lipinski definition) is 5. The molecule has 1 aromatic heterocycles. The van der Waals surface area contributed by atoms with E-state index in [0.717, 1.165) is 12.1 Å². The number of amides is 1. The Labute approximate surface area is 151 Å². The monoisotopic (exact) mass is 367 g/mol. The quantitative estimate of drug-likeness (QED) is 0.726. The van der Waals surface area contributed by atoms with E-state index >= 15 is 0 Å². The molecular formula is C17H22ClN3O4. The molecule has 0 atom stereocenters. The normalized spacial score (nSPS) is 10.4. The Morgan fingerprint density at radius 2 is 1.92 bits per heavy atom. The van der Waals surface area contributed by atoms with Crippen molar-refractivity contribution < 1.29 is 19.0 Å². The summed E-state index contributed by atoms with van der Waals surface area (Å²) in [6.45, 7) is 3.01. The summed E-state index contributed by atoms with van der Waals surface area (Å²) in [6.07, 6.45) is 2.49. The van der Waals surface area contributed by atoms with E-state index in [9.17, 15) is 4.79 Å². The zero-order valence-corrected chi connectivity index (χ0v) is 15.5. The van der Waals surface area contributed by atoms with Crippen LogP contribution in [0.2, 0.25) is 5.02 Å². The van der Waals surface area contributed by atoms with Crippen LogP contribution in [0.15, 0.2) is 18.3 Å². The Kier molecular flexibility index (Phi) is 6.52. The lowest BCUT2D eigenvalue weighted by Crippen LogP contribution is -2.26. The van der Waals surface area contributed by atoms with Gasteiger partial charge < -0.3 is 19.5 Å². The molecule has 2 rings (SSSR count). The molecule has 0 bridgehead atoms. The summed E-state index contributed by atoms with van der Waals surface area (Å²) in [5, 5.41) is 7.78. The lowest BCUT2D eigenvalue weighted by molar-refractivity contribution is 0.0948. The van der Waals surface area contributed by atoms with Gasteiger partial charge in [0.1, 0.15) is 0 Å². The first-order valence-electron chi connectivity index (χ1n) is 7.78. The second-order valence-corrected chi connectivity index (χ2v) is 5.72. The maximum Gasteiger partial charge on any atom is 0.255 e. The molecule has 0 saturated heterocycles. The molecule has 1 amide bonds. The number of nitrogens with one attached hydrogen (secondary N) is 1. The Morgan fingerprint density at radius 1 is 1.20 bits per heavy atom. The van der Waals surface area contributed by atoms with Crippen molar-refractivity contribution in [2.75, 3.05) is 27.9 Å². The molecule has 0 spiro atoms. The number of aromatic nitrogens is 2. The van der Waals surface area contributed by atoms with E-state index in [4.69, 9.17) is 25.8 Å². The van der Waals surface area contributed by atoms with Crippen LogP contribution in [-0.2, 0) is 6.54 Å². The fourth-order valence-corrected chi connectivity index (χ4v) is 2.58. The van der Waals surface area contributed by atoms with Gasteiger partial charge in [0, 0.05) is 19.3 Å². The molecule has 2 aromatic rings. The molecule has 136 valence electrons. The lowest BCUT2D eigenvalue weighted by Gasteiger charge is -2.15. The minimum absolute atomic E-state index is 0.243. The van der Waals surface area contributed by atoms with E-state index < -0.39 is 0 Å². The van der Waals surface area contributed by atoms with Crippen LogP contribution in [0.1, 0.15) is 22.5 Å². The van der Waals surface area contributed by atoms with Crippen LogP contribution < -0.4 is 19.5 Å². The molecule has 0 aliphatic rings. The van der Waals surface area contributed by atoms with Crippen molar-refractivity contribution in [2.45, 2.75) is 19.9 Å². The minimum Gasteiger partial charge on any atom is -0.493 e. The highest BCUT2D eigenvalue weighted by atomic mass is 35.5. The molecule has 0 fully saturated rings. The third-order valence-corrected chi connectivity index (χ3v) is 4.06. The van der Waals surface area contributed by atoms with Crippen molar-refractivity contribution in [3.05, 3.63) is 34.6 Å². The van der Waals surface area contributed by atoms with Gasteiger partial charge in [0.15, 0.2) is 11.5 Å². The molecule has 25 heavy (non-hydrogen) atoms. The molecule has 7 nitrogen and oxygen atoms in total. The van der Waals surface area contributed by atoms with Crippen LogP contribution in [0.3, 0.4) is 0 Å². The van der Waals surface area contributed by atoms with Gasteiger partial charge in [0.25, 0.3) is 5.91 Å². The summed E-state index contributed by atoms with van der Waals surface area (Å²) in [7, 11) is 4.51. The second-order valence-electron chi connectivity index (χ2n) is 5.32. The molecule has 1 N–H and O–H groups in total. The number of methoxy groups -OCH3 is 3. The average molecular weight is 368 g/mol.